The Labute approximate surface area is 184 Å². The molecule has 4 heterocycles. The Kier molecular flexibility index (Phi) is 4.97. The fraction of sp³-hybridized carbons (Fsp3) is 0.455. The van der Waals surface area contributed by atoms with E-state index in [0.29, 0.717) is 43.6 Å². The Morgan fingerprint density at radius 2 is 2.00 bits per heavy atom. The van der Waals surface area contributed by atoms with Crippen molar-refractivity contribution in [3.63, 3.8) is 0 Å². The first-order chi connectivity index (χ1) is 14.9. The quantitative estimate of drug-likeness (QED) is 0.576. The van der Waals surface area contributed by atoms with Crippen LogP contribution in [0.4, 0.5) is 13.8 Å². The molecule has 2 aliphatic rings. The number of anilines is 1. The summed E-state index contributed by atoms with van der Waals surface area (Å²) in [6.07, 6.45) is 1.45. The predicted octanol–water partition coefficient (Wildman–Crippen LogP) is 4.56. The van der Waals surface area contributed by atoms with Gasteiger partial charge in [-0.15, -0.1) is 11.3 Å². The van der Waals surface area contributed by atoms with Crippen molar-refractivity contribution in [2.24, 2.45) is 5.92 Å². The maximum atomic E-state index is 15.4. The molecule has 0 atom stereocenters. The number of fused-ring (bicyclic) bond motifs is 5. The Bertz CT molecular complexity index is 1090. The van der Waals surface area contributed by atoms with Crippen LogP contribution in [0.15, 0.2) is 30.6 Å². The number of aromatic nitrogens is 3. The minimum absolute atomic E-state index is 0.140. The summed E-state index contributed by atoms with van der Waals surface area (Å²) in [7, 11) is 1.64. The molecule has 1 aromatic carbocycles. The third-order valence-corrected chi connectivity index (χ3v) is 6.94. The number of methoxy groups -OCH3 is 1. The van der Waals surface area contributed by atoms with Gasteiger partial charge in [0.25, 0.3) is 5.92 Å². The van der Waals surface area contributed by atoms with Crippen molar-refractivity contribution in [3.05, 3.63) is 46.6 Å². The number of ether oxygens (including phenoxy) is 1. The second-order valence-corrected chi connectivity index (χ2v) is 9.70. The smallest absolute Gasteiger partial charge is 0.287 e. The monoisotopic (exact) mass is 445 g/mol. The first-order valence-electron chi connectivity index (χ1n) is 10.4. The Morgan fingerprint density at radius 1 is 1.23 bits per heavy atom. The summed E-state index contributed by atoms with van der Waals surface area (Å²) in [5.41, 5.74) is 1.77. The van der Waals surface area contributed by atoms with Crippen molar-refractivity contribution in [2.45, 2.75) is 39.5 Å². The molecule has 0 aliphatic carbocycles. The van der Waals surface area contributed by atoms with E-state index in [2.05, 4.69) is 28.8 Å². The topological polar surface area (TPSA) is 46.4 Å². The van der Waals surface area contributed by atoms with Crippen LogP contribution in [0.3, 0.4) is 0 Å². The normalized spacial score (nSPS) is 17.4. The molecular weight excluding hydrogens is 420 g/mol. The molecule has 0 amide bonds. The summed E-state index contributed by atoms with van der Waals surface area (Å²) < 4.78 is 37.8. The minimum atomic E-state index is -2.92. The predicted molar refractivity (Wildman–Crippen MR) is 117 cm³/mol. The highest BCUT2D eigenvalue weighted by Gasteiger charge is 2.47. The van der Waals surface area contributed by atoms with Crippen LogP contribution in [-0.2, 0) is 25.7 Å². The Hall–Kier alpha value is -2.52. The molecule has 0 saturated carbocycles. The van der Waals surface area contributed by atoms with Crippen molar-refractivity contribution < 1.29 is 13.5 Å². The van der Waals surface area contributed by atoms with Crippen molar-refractivity contribution in [1.29, 1.82) is 0 Å². The number of rotatable bonds is 5. The lowest BCUT2D eigenvalue weighted by Crippen LogP contribution is -2.41. The van der Waals surface area contributed by atoms with Crippen LogP contribution in [0.5, 0.6) is 5.75 Å². The van der Waals surface area contributed by atoms with E-state index < -0.39 is 5.92 Å². The van der Waals surface area contributed by atoms with Crippen LogP contribution in [0.1, 0.15) is 29.9 Å². The van der Waals surface area contributed by atoms with E-state index >= 15 is 8.78 Å². The number of thiophene rings is 1. The van der Waals surface area contributed by atoms with Gasteiger partial charge in [-0.25, -0.2) is 9.67 Å². The molecule has 164 valence electrons. The Balaban J connectivity index is 1.56. The molecule has 5 rings (SSSR count). The van der Waals surface area contributed by atoms with Gasteiger partial charge < -0.3 is 9.64 Å². The standard InChI is InChI=1S/C22H25F2N5OS/c1-14(2)8-27-10-17-19(22(23,24)11-27)18-20-25-12-26-29(20)13-28(21(18)31-17)9-15-4-6-16(30-3)7-5-15/h4-7,12,14H,8-11,13H2,1-3H3. The van der Waals surface area contributed by atoms with E-state index in [4.69, 9.17) is 4.74 Å². The summed E-state index contributed by atoms with van der Waals surface area (Å²) in [5.74, 6) is -1.26. The first-order valence-corrected chi connectivity index (χ1v) is 11.2. The highest BCUT2D eigenvalue weighted by molar-refractivity contribution is 7.17. The number of hydrogen-bond donors (Lipinski definition) is 0. The lowest BCUT2D eigenvalue weighted by Gasteiger charge is -2.34. The zero-order valence-electron chi connectivity index (χ0n) is 17.8. The molecular formula is C22H25F2N5OS. The van der Waals surface area contributed by atoms with Gasteiger partial charge in [-0.05, 0) is 23.6 Å². The maximum Gasteiger partial charge on any atom is 0.287 e. The summed E-state index contributed by atoms with van der Waals surface area (Å²) >= 11 is 1.47. The number of alkyl halides is 2. The largest absolute Gasteiger partial charge is 0.497 e. The molecule has 0 bridgehead atoms. The number of halogens is 2. The highest BCUT2D eigenvalue weighted by atomic mass is 32.1. The van der Waals surface area contributed by atoms with Crippen LogP contribution in [-0.4, -0.2) is 39.9 Å². The van der Waals surface area contributed by atoms with Gasteiger partial charge >= 0.3 is 0 Å². The van der Waals surface area contributed by atoms with Crippen LogP contribution in [0.2, 0.25) is 0 Å². The molecule has 0 radical (unpaired) electrons. The minimum Gasteiger partial charge on any atom is -0.497 e. The maximum absolute atomic E-state index is 15.4. The molecule has 31 heavy (non-hydrogen) atoms. The van der Waals surface area contributed by atoms with Crippen molar-refractivity contribution in [2.75, 3.05) is 25.1 Å². The zero-order valence-corrected chi connectivity index (χ0v) is 18.6. The van der Waals surface area contributed by atoms with Gasteiger partial charge in [0.05, 0.1) is 24.8 Å². The molecule has 2 aromatic heterocycles. The third kappa shape index (κ3) is 3.59. The van der Waals surface area contributed by atoms with Crippen molar-refractivity contribution in [3.8, 4) is 17.1 Å². The molecule has 0 N–H and O–H groups in total. The van der Waals surface area contributed by atoms with Gasteiger partial charge in [0.1, 0.15) is 23.7 Å². The van der Waals surface area contributed by atoms with Gasteiger partial charge in [-0.3, -0.25) is 4.90 Å². The average Bonchev–Trinajstić information content (AvgIpc) is 3.32. The van der Waals surface area contributed by atoms with E-state index in [0.717, 1.165) is 21.2 Å². The zero-order chi connectivity index (χ0) is 21.8. The summed E-state index contributed by atoms with van der Waals surface area (Å²) in [4.78, 5) is 9.06. The average molecular weight is 446 g/mol. The van der Waals surface area contributed by atoms with Gasteiger partial charge in [0.15, 0.2) is 5.82 Å². The molecule has 2 aliphatic heterocycles. The van der Waals surface area contributed by atoms with E-state index in [1.165, 1.54) is 17.7 Å². The second-order valence-electron chi connectivity index (χ2n) is 8.62. The van der Waals surface area contributed by atoms with Crippen LogP contribution in [0.25, 0.3) is 11.4 Å². The molecule has 3 aromatic rings. The summed E-state index contributed by atoms with van der Waals surface area (Å²) in [6.45, 7) is 6.15. The Morgan fingerprint density at radius 3 is 2.71 bits per heavy atom. The lowest BCUT2D eigenvalue weighted by molar-refractivity contribution is -0.0529. The summed E-state index contributed by atoms with van der Waals surface area (Å²) in [6, 6.07) is 7.83. The number of benzene rings is 1. The van der Waals surface area contributed by atoms with E-state index in [-0.39, 0.29) is 12.1 Å². The third-order valence-electron chi connectivity index (χ3n) is 5.70. The molecule has 0 spiro atoms. The molecule has 6 nitrogen and oxygen atoms in total. The fourth-order valence-corrected chi connectivity index (χ4v) is 5.90. The van der Waals surface area contributed by atoms with E-state index in [9.17, 15) is 0 Å². The summed E-state index contributed by atoms with van der Waals surface area (Å²) in [5, 5.41) is 5.15. The SMILES string of the molecule is COc1ccc(CN2Cn3ncnc3-c3c2sc2c3C(F)(F)CN(CC(C)C)C2)cc1. The van der Waals surface area contributed by atoms with Gasteiger partial charge in [0.2, 0.25) is 0 Å². The fourth-order valence-electron chi connectivity index (χ4n) is 4.52. The van der Waals surface area contributed by atoms with E-state index in [1.807, 2.05) is 29.2 Å². The number of nitrogens with zero attached hydrogens (tertiary/aromatic N) is 5. The van der Waals surface area contributed by atoms with Gasteiger partial charge in [-0.2, -0.15) is 13.9 Å². The van der Waals surface area contributed by atoms with E-state index in [1.54, 1.807) is 11.8 Å². The molecule has 0 fully saturated rings. The first kappa shape index (κ1) is 20.4. The van der Waals surface area contributed by atoms with Crippen LogP contribution < -0.4 is 9.64 Å². The lowest BCUT2D eigenvalue weighted by atomic mass is 9.97. The van der Waals surface area contributed by atoms with Crippen LogP contribution in [0, 0.1) is 5.92 Å². The van der Waals surface area contributed by atoms with Crippen LogP contribution >= 0.6 is 11.3 Å². The molecule has 9 heteroatoms. The number of hydrogen-bond acceptors (Lipinski definition) is 6. The molecule has 0 unspecified atom stereocenters. The van der Waals surface area contributed by atoms with Gasteiger partial charge in [0, 0.05) is 24.5 Å². The highest BCUT2D eigenvalue weighted by Crippen LogP contribution is 2.53. The van der Waals surface area contributed by atoms with Crippen molar-refractivity contribution in [1.82, 2.24) is 19.7 Å². The molecule has 0 saturated heterocycles. The van der Waals surface area contributed by atoms with Crippen molar-refractivity contribution >= 4 is 16.3 Å². The second kappa shape index (κ2) is 7.56. The van der Waals surface area contributed by atoms with Gasteiger partial charge in [-0.1, -0.05) is 26.0 Å².